The molecule has 21 heavy (non-hydrogen) atoms. The summed E-state index contributed by atoms with van der Waals surface area (Å²) in [5, 5.41) is 1.17. The monoisotopic (exact) mass is 286 g/mol. The van der Waals surface area contributed by atoms with Gasteiger partial charge in [-0.3, -0.25) is 4.98 Å². The number of aryl methyl sites for hydroxylation is 2. The number of anilines is 1. The first-order valence-electron chi connectivity index (χ1n) is 8.09. The summed E-state index contributed by atoms with van der Waals surface area (Å²) in [4.78, 5) is 16.3. The van der Waals surface area contributed by atoms with Crippen LogP contribution < -0.4 is 4.90 Å². The van der Waals surface area contributed by atoms with Gasteiger partial charge in [0.25, 0.3) is 0 Å². The number of aromatic nitrogens is 3. The molecule has 3 heterocycles. The maximum absolute atomic E-state index is 4.67. The fourth-order valence-corrected chi connectivity index (χ4v) is 2.78. The molecule has 0 amide bonds. The lowest BCUT2D eigenvalue weighted by Gasteiger charge is -2.29. The lowest BCUT2D eigenvalue weighted by atomic mass is 10.1. The summed E-state index contributed by atoms with van der Waals surface area (Å²) in [6.07, 6.45) is 3.42. The summed E-state index contributed by atoms with van der Waals surface area (Å²) < 4.78 is 0. The minimum atomic E-state index is 0.849. The van der Waals surface area contributed by atoms with Crippen molar-refractivity contribution in [1.29, 1.82) is 0 Å². The summed E-state index contributed by atoms with van der Waals surface area (Å²) in [6.45, 7) is 12.3. The van der Waals surface area contributed by atoms with Crippen LogP contribution in [0, 0.1) is 13.8 Å². The number of hydrogen-bond acceptors (Lipinski definition) is 4. The van der Waals surface area contributed by atoms with E-state index in [1.54, 1.807) is 0 Å². The molecule has 0 saturated carbocycles. The number of unbranched alkanes of at least 4 members (excludes halogenated alkanes) is 1. The van der Waals surface area contributed by atoms with E-state index in [1.807, 2.05) is 27.7 Å². The van der Waals surface area contributed by atoms with Gasteiger partial charge in [0.1, 0.15) is 11.6 Å². The first-order chi connectivity index (χ1) is 10.2. The molecule has 3 rings (SSSR count). The zero-order valence-corrected chi connectivity index (χ0v) is 13.9. The Hall–Kier alpha value is -1.71. The van der Waals surface area contributed by atoms with Gasteiger partial charge in [-0.15, -0.1) is 0 Å². The summed E-state index contributed by atoms with van der Waals surface area (Å²) in [6, 6.07) is 2.07. The van der Waals surface area contributed by atoms with E-state index in [9.17, 15) is 0 Å². The molecule has 2 aromatic rings. The molecule has 0 aromatic carbocycles. The fraction of sp³-hybridized carbons (Fsp3) is 0.588. The van der Waals surface area contributed by atoms with Gasteiger partial charge in [0.2, 0.25) is 0 Å². The highest BCUT2D eigenvalue weighted by Crippen LogP contribution is 2.31. The van der Waals surface area contributed by atoms with Crippen molar-refractivity contribution in [2.75, 3.05) is 18.0 Å². The van der Waals surface area contributed by atoms with Crippen LogP contribution in [0.25, 0.3) is 10.9 Å². The van der Waals surface area contributed by atoms with Crippen molar-refractivity contribution in [3.05, 3.63) is 23.3 Å². The molecule has 0 atom stereocenters. The molecule has 0 spiro atoms. The van der Waals surface area contributed by atoms with Gasteiger partial charge in [0.05, 0.1) is 16.6 Å². The Morgan fingerprint density at radius 2 is 1.90 bits per heavy atom. The van der Waals surface area contributed by atoms with Gasteiger partial charge >= 0.3 is 0 Å². The van der Waals surface area contributed by atoms with E-state index in [4.69, 9.17) is 0 Å². The van der Waals surface area contributed by atoms with Crippen LogP contribution >= 0.6 is 0 Å². The van der Waals surface area contributed by atoms with Gasteiger partial charge in [-0.05, 0) is 26.3 Å². The molecule has 0 fully saturated rings. The minimum Gasteiger partial charge on any atom is -0.356 e. The van der Waals surface area contributed by atoms with E-state index in [2.05, 4.69) is 32.8 Å². The summed E-state index contributed by atoms with van der Waals surface area (Å²) >= 11 is 0. The molecule has 4 nitrogen and oxygen atoms in total. The van der Waals surface area contributed by atoms with Crippen LogP contribution in [0.4, 0.5) is 5.82 Å². The van der Waals surface area contributed by atoms with Crippen molar-refractivity contribution in [3.8, 4) is 0 Å². The zero-order valence-electron chi connectivity index (χ0n) is 13.9. The third kappa shape index (κ3) is 3.14. The van der Waals surface area contributed by atoms with E-state index >= 15 is 0 Å². The standard InChI is InChI=1S/C15H20N4.C2H6/c1-4-5-7-19-8-6-12-14-13(9-10(2)16-12)17-11(3)18-15(14)19;1-2/h9H,4-8H2,1-3H3;1-2H3. The quantitative estimate of drug-likeness (QED) is 0.860. The van der Waals surface area contributed by atoms with Crippen LogP contribution in [0.5, 0.6) is 0 Å². The van der Waals surface area contributed by atoms with E-state index < -0.39 is 0 Å². The van der Waals surface area contributed by atoms with Crippen molar-refractivity contribution in [1.82, 2.24) is 15.0 Å². The van der Waals surface area contributed by atoms with Gasteiger partial charge in [-0.25, -0.2) is 9.97 Å². The predicted octanol–water partition coefficient (Wildman–Crippen LogP) is 3.83. The highest BCUT2D eigenvalue weighted by atomic mass is 15.2. The summed E-state index contributed by atoms with van der Waals surface area (Å²) in [7, 11) is 0. The first-order valence-corrected chi connectivity index (χ1v) is 8.09. The molecule has 114 valence electrons. The summed E-state index contributed by atoms with van der Waals surface area (Å²) in [5.74, 6) is 1.94. The lowest BCUT2D eigenvalue weighted by molar-refractivity contribution is 0.689. The topological polar surface area (TPSA) is 41.9 Å². The third-order valence-electron chi connectivity index (χ3n) is 3.67. The molecule has 1 aliphatic rings. The Kier molecular flexibility index (Phi) is 5.10. The zero-order chi connectivity index (χ0) is 15.4. The Labute approximate surface area is 127 Å². The molecule has 4 heteroatoms. The van der Waals surface area contributed by atoms with Gasteiger partial charge in [-0.1, -0.05) is 27.2 Å². The minimum absolute atomic E-state index is 0.849. The van der Waals surface area contributed by atoms with Crippen LogP contribution in [0.1, 0.15) is 50.8 Å². The van der Waals surface area contributed by atoms with Crippen LogP contribution in [0.2, 0.25) is 0 Å². The normalized spacial score (nSPS) is 13.1. The van der Waals surface area contributed by atoms with Crippen molar-refractivity contribution in [2.24, 2.45) is 0 Å². The Balaban J connectivity index is 0.000000774. The van der Waals surface area contributed by atoms with Gasteiger partial charge in [-0.2, -0.15) is 0 Å². The van der Waals surface area contributed by atoms with Crippen molar-refractivity contribution < 1.29 is 0 Å². The second-order valence-electron chi connectivity index (χ2n) is 5.29. The molecule has 2 aromatic heterocycles. The van der Waals surface area contributed by atoms with Crippen molar-refractivity contribution in [2.45, 2.75) is 53.9 Å². The molecule has 0 N–H and O–H groups in total. The number of rotatable bonds is 3. The maximum Gasteiger partial charge on any atom is 0.142 e. The van der Waals surface area contributed by atoms with E-state index in [-0.39, 0.29) is 0 Å². The van der Waals surface area contributed by atoms with Gasteiger partial charge < -0.3 is 4.90 Å². The van der Waals surface area contributed by atoms with Gasteiger partial charge in [0.15, 0.2) is 0 Å². The number of nitrogens with zero attached hydrogens (tertiary/aromatic N) is 4. The van der Waals surface area contributed by atoms with Gasteiger partial charge in [0, 0.05) is 25.2 Å². The van der Waals surface area contributed by atoms with Crippen LogP contribution in [0.15, 0.2) is 6.07 Å². The van der Waals surface area contributed by atoms with Crippen molar-refractivity contribution in [3.63, 3.8) is 0 Å². The largest absolute Gasteiger partial charge is 0.356 e. The van der Waals surface area contributed by atoms with Crippen molar-refractivity contribution >= 4 is 16.7 Å². The lowest BCUT2D eigenvalue weighted by Crippen LogP contribution is -2.32. The molecule has 1 aliphatic heterocycles. The van der Waals surface area contributed by atoms with Crippen LogP contribution in [-0.2, 0) is 6.42 Å². The Morgan fingerprint density at radius 1 is 1.14 bits per heavy atom. The molecule has 0 saturated heterocycles. The fourth-order valence-electron chi connectivity index (χ4n) is 2.78. The maximum atomic E-state index is 4.67. The van der Waals surface area contributed by atoms with E-state index in [1.165, 1.54) is 18.2 Å². The first kappa shape index (κ1) is 15.7. The Bertz CT molecular complexity index is 616. The molecular formula is C17H26N4. The highest BCUT2D eigenvalue weighted by molar-refractivity contribution is 5.93. The smallest absolute Gasteiger partial charge is 0.142 e. The highest BCUT2D eigenvalue weighted by Gasteiger charge is 2.22. The van der Waals surface area contributed by atoms with E-state index in [0.29, 0.717) is 0 Å². The number of hydrogen-bond donors (Lipinski definition) is 0. The average molecular weight is 286 g/mol. The predicted molar refractivity (Wildman–Crippen MR) is 89.0 cm³/mol. The van der Waals surface area contributed by atoms with Crippen LogP contribution in [0.3, 0.4) is 0 Å². The second kappa shape index (κ2) is 6.83. The molecule has 0 bridgehead atoms. The molecular weight excluding hydrogens is 260 g/mol. The SMILES string of the molecule is CC.CCCCN1CCc2nc(C)cc3nc(C)nc1c23. The second-order valence-corrected chi connectivity index (χ2v) is 5.29. The van der Waals surface area contributed by atoms with E-state index in [0.717, 1.165) is 48.1 Å². The number of pyridine rings is 1. The molecule has 0 radical (unpaired) electrons. The Morgan fingerprint density at radius 3 is 2.62 bits per heavy atom. The third-order valence-corrected chi connectivity index (χ3v) is 3.67. The summed E-state index contributed by atoms with van der Waals surface area (Å²) in [5.41, 5.74) is 3.26. The van der Waals surface area contributed by atoms with Crippen LogP contribution in [-0.4, -0.2) is 28.0 Å². The average Bonchev–Trinajstić information content (AvgIpc) is 2.47. The molecule has 0 unspecified atom stereocenters. The molecule has 0 aliphatic carbocycles.